The molecule has 1 aliphatic heterocycles. The van der Waals surface area contributed by atoms with Crippen molar-refractivity contribution in [2.45, 2.75) is 13.5 Å². The van der Waals surface area contributed by atoms with Gasteiger partial charge in [0, 0.05) is 15.6 Å². The molecule has 0 spiro atoms. The topological polar surface area (TPSA) is 66.9 Å². The molecule has 0 aliphatic carbocycles. The monoisotopic (exact) mass is 392 g/mol. The molecule has 0 aromatic heterocycles. The Bertz CT molecular complexity index is 880. The molecular formula is C18H14Cl2N2O4. The highest BCUT2D eigenvalue weighted by Crippen LogP contribution is 2.33. The molecule has 1 aliphatic rings. The third kappa shape index (κ3) is 3.13. The zero-order valence-electron chi connectivity index (χ0n) is 13.7. The molecule has 1 saturated heterocycles. The number of amides is 4. The Balaban J connectivity index is 1.96. The Morgan fingerprint density at radius 1 is 0.923 bits per heavy atom. The Morgan fingerprint density at radius 2 is 1.58 bits per heavy atom. The second kappa shape index (κ2) is 7.35. The van der Waals surface area contributed by atoms with Crippen LogP contribution in [-0.2, 0) is 16.1 Å². The zero-order valence-corrected chi connectivity index (χ0v) is 15.3. The van der Waals surface area contributed by atoms with Crippen LogP contribution in [0.3, 0.4) is 0 Å². The summed E-state index contributed by atoms with van der Waals surface area (Å²) in [7, 11) is 0. The van der Waals surface area contributed by atoms with Crippen molar-refractivity contribution in [3.8, 4) is 5.75 Å². The van der Waals surface area contributed by atoms with Crippen molar-refractivity contribution in [3.05, 3.63) is 58.1 Å². The minimum Gasteiger partial charge on any atom is -0.492 e. The van der Waals surface area contributed by atoms with Crippen molar-refractivity contribution < 1.29 is 19.1 Å². The summed E-state index contributed by atoms with van der Waals surface area (Å²) in [5, 5.41) is 0.609. The summed E-state index contributed by atoms with van der Waals surface area (Å²) < 4.78 is 5.45. The number of anilines is 1. The first-order valence-corrected chi connectivity index (χ1v) is 8.56. The van der Waals surface area contributed by atoms with E-state index < -0.39 is 17.8 Å². The van der Waals surface area contributed by atoms with E-state index >= 15 is 0 Å². The van der Waals surface area contributed by atoms with Crippen LogP contribution < -0.4 is 9.64 Å². The summed E-state index contributed by atoms with van der Waals surface area (Å²) in [6, 6.07) is 10.6. The fraction of sp³-hybridized carbons (Fsp3) is 0.167. The number of nitrogens with zero attached hydrogens (tertiary/aromatic N) is 2. The van der Waals surface area contributed by atoms with Gasteiger partial charge in [0.2, 0.25) is 0 Å². The van der Waals surface area contributed by atoms with Crippen LogP contribution in [0.2, 0.25) is 10.0 Å². The Labute approximate surface area is 159 Å². The minimum absolute atomic E-state index is 0.199. The summed E-state index contributed by atoms with van der Waals surface area (Å²) in [6.07, 6.45) is 0. The van der Waals surface area contributed by atoms with Gasteiger partial charge in [0.05, 0.1) is 18.8 Å². The van der Waals surface area contributed by atoms with Gasteiger partial charge in [-0.05, 0) is 31.2 Å². The number of benzene rings is 2. The molecule has 0 unspecified atom stereocenters. The maximum Gasteiger partial charge on any atom is 0.339 e. The van der Waals surface area contributed by atoms with Crippen LogP contribution >= 0.6 is 23.2 Å². The van der Waals surface area contributed by atoms with E-state index in [1.54, 1.807) is 49.4 Å². The molecule has 3 rings (SSSR count). The van der Waals surface area contributed by atoms with Crippen molar-refractivity contribution in [2.24, 2.45) is 0 Å². The number of hydrogen-bond donors (Lipinski definition) is 0. The van der Waals surface area contributed by atoms with E-state index in [0.29, 0.717) is 28.0 Å². The van der Waals surface area contributed by atoms with E-state index in [1.165, 1.54) is 0 Å². The van der Waals surface area contributed by atoms with E-state index in [-0.39, 0.29) is 12.2 Å². The van der Waals surface area contributed by atoms with Crippen molar-refractivity contribution >= 4 is 46.7 Å². The predicted octanol–water partition coefficient (Wildman–Crippen LogP) is 3.89. The average molecular weight is 393 g/mol. The molecule has 0 atom stereocenters. The number of rotatable bonds is 5. The molecule has 0 saturated carbocycles. The maximum atomic E-state index is 12.8. The minimum atomic E-state index is -0.953. The van der Waals surface area contributed by atoms with Crippen molar-refractivity contribution in [3.63, 3.8) is 0 Å². The summed E-state index contributed by atoms with van der Waals surface area (Å²) in [6.45, 7) is 1.93. The standard InChI is InChI=1S/C18H14Cl2N2O4/c1-2-26-15-9-4-3-8-14(15)22-17(24)16(23)21(18(22)25)10-11-12(19)6-5-7-13(11)20/h3-9H,2,10H2,1H3. The van der Waals surface area contributed by atoms with Crippen molar-refractivity contribution in [1.82, 2.24) is 4.90 Å². The van der Waals surface area contributed by atoms with Crippen LogP contribution in [0, 0.1) is 0 Å². The Morgan fingerprint density at radius 3 is 2.23 bits per heavy atom. The molecule has 0 bridgehead atoms. The van der Waals surface area contributed by atoms with Gasteiger partial charge in [-0.3, -0.25) is 14.5 Å². The second-order valence-electron chi connectivity index (χ2n) is 5.42. The third-order valence-electron chi connectivity index (χ3n) is 3.84. The molecule has 2 aromatic rings. The van der Waals surface area contributed by atoms with Gasteiger partial charge < -0.3 is 4.74 Å². The SMILES string of the molecule is CCOc1ccccc1N1C(=O)C(=O)N(Cc2c(Cl)cccc2Cl)C1=O. The molecular weight excluding hydrogens is 379 g/mol. The molecule has 1 heterocycles. The number of halogens is 2. The molecule has 6 nitrogen and oxygen atoms in total. The molecule has 0 N–H and O–H groups in total. The summed E-state index contributed by atoms with van der Waals surface area (Å²) >= 11 is 12.2. The molecule has 4 amide bonds. The molecule has 26 heavy (non-hydrogen) atoms. The normalized spacial score (nSPS) is 14.3. The van der Waals surface area contributed by atoms with Crippen LogP contribution in [-0.4, -0.2) is 29.4 Å². The summed E-state index contributed by atoms with van der Waals surface area (Å²) in [4.78, 5) is 39.2. The third-order valence-corrected chi connectivity index (χ3v) is 4.55. The number of ether oxygens (including phenoxy) is 1. The van der Waals surface area contributed by atoms with Crippen molar-refractivity contribution in [1.29, 1.82) is 0 Å². The predicted molar refractivity (Wildman–Crippen MR) is 97.5 cm³/mol. The number of urea groups is 1. The van der Waals surface area contributed by atoms with Crippen LogP contribution in [0.25, 0.3) is 0 Å². The first-order chi connectivity index (χ1) is 12.5. The van der Waals surface area contributed by atoms with E-state index in [4.69, 9.17) is 27.9 Å². The van der Waals surface area contributed by atoms with Gasteiger partial charge in [0.15, 0.2) is 0 Å². The fourth-order valence-corrected chi connectivity index (χ4v) is 3.14. The molecule has 8 heteroatoms. The molecule has 0 radical (unpaired) electrons. The van der Waals surface area contributed by atoms with Crippen LogP contribution in [0.1, 0.15) is 12.5 Å². The molecule has 1 fully saturated rings. The van der Waals surface area contributed by atoms with Crippen LogP contribution in [0.4, 0.5) is 10.5 Å². The first-order valence-electron chi connectivity index (χ1n) is 7.80. The largest absolute Gasteiger partial charge is 0.492 e. The van der Waals surface area contributed by atoms with E-state index in [2.05, 4.69) is 0 Å². The Hall–Kier alpha value is -2.57. The molecule has 134 valence electrons. The van der Waals surface area contributed by atoms with Gasteiger partial charge in [-0.2, -0.15) is 0 Å². The fourth-order valence-electron chi connectivity index (χ4n) is 2.62. The van der Waals surface area contributed by atoms with Gasteiger partial charge in [0.1, 0.15) is 5.75 Å². The lowest BCUT2D eigenvalue weighted by atomic mass is 10.2. The van der Waals surface area contributed by atoms with E-state index in [1.807, 2.05) is 0 Å². The van der Waals surface area contributed by atoms with Gasteiger partial charge in [-0.15, -0.1) is 0 Å². The lowest BCUT2D eigenvalue weighted by Gasteiger charge is -2.18. The highest BCUT2D eigenvalue weighted by atomic mass is 35.5. The average Bonchev–Trinajstić information content (AvgIpc) is 2.82. The summed E-state index contributed by atoms with van der Waals surface area (Å²) in [5.74, 6) is -1.57. The zero-order chi connectivity index (χ0) is 18.8. The number of para-hydroxylation sites is 2. The van der Waals surface area contributed by atoms with Gasteiger partial charge >= 0.3 is 17.8 Å². The van der Waals surface area contributed by atoms with Crippen LogP contribution in [0.5, 0.6) is 5.75 Å². The van der Waals surface area contributed by atoms with E-state index in [0.717, 1.165) is 9.80 Å². The van der Waals surface area contributed by atoms with Gasteiger partial charge in [-0.25, -0.2) is 9.69 Å². The maximum absolute atomic E-state index is 12.8. The second-order valence-corrected chi connectivity index (χ2v) is 6.23. The quantitative estimate of drug-likeness (QED) is 0.571. The van der Waals surface area contributed by atoms with Gasteiger partial charge in [0.25, 0.3) is 0 Å². The number of carbonyl (C=O) groups is 3. The van der Waals surface area contributed by atoms with Crippen LogP contribution in [0.15, 0.2) is 42.5 Å². The number of imide groups is 2. The lowest BCUT2D eigenvalue weighted by molar-refractivity contribution is -0.139. The van der Waals surface area contributed by atoms with Crippen molar-refractivity contribution in [2.75, 3.05) is 11.5 Å². The number of carbonyl (C=O) groups excluding carboxylic acids is 3. The highest BCUT2D eigenvalue weighted by Gasteiger charge is 2.46. The number of hydrogen-bond acceptors (Lipinski definition) is 4. The molecule has 2 aromatic carbocycles. The smallest absolute Gasteiger partial charge is 0.339 e. The summed E-state index contributed by atoms with van der Waals surface area (Å²) in [5.41, 5.74) is 0.607. The highest BCUT2D eigenvalue weighted by molar-refractivity contribution is 6.53. The van der Waals surface area contributed by atoms with E-state index in [9.17, 15) is 14.4 Å². The van der Waals surface area contributed by atoms with Gasteiger partial charge in [-0.1, -0.05) is 41.4 Å². The first kappa shape index (κ1) is 18.2. The lowest BCUT2D eigenvalue weighted by Crippen LogP contribution is -2.33. The Kier molecular flexibility index (Phi) is 5.15.